The number of nitrogens with one attached hydrogen (secondary N) is 1. The Morgan fingerprint density at radius 3 is 3.08 bits per heavy atom. The van der Waals surface area contributed by atoms with E-state index in [0.29, 0.717) is 11.7 Å². The molecule has 2 rings (SSSR count). The van der Waals surface area contributed by atoms with Crippen LogP contribution in [0.2, 0.25) is 0 Å². The minimum absolute atomic E-state index is 0.227. The van der Waals surface area contributed by atoms with Crippen molar-refractivity contribution >= 4 is 11.6 Å². The van der Waals surface area contributed by atoms with Gasteiger partial charge in [-0.05, 0) is 0 Å². The third-order valence-electron chi connectivity index (χ3n) is 1.34. The molecular formula is C6H5ClN4O. The van der Waals surface area contributed by atoms with Crippen LogP contribution in [0.15, 0.2) is 16.9 Å². The predicted octanol–water partition coefficient (Wildman–Crippen LogP) is 1.20. The Morgan fingerprint density at radius 2 is 2.50 bits per heavy atom. The van der Waals surface area contributed by atoms with Crippen LogP contribution in [-0.4, -0.2) is 20.3 Å². The molecule has 12 heavy (non-hydrogen) atoms. The van der Waals surface area contributed by atoms with Gasteiger partial charge in [0.25, 0.3) is 0 Å². The summed E-state index contributed by atoms with van der Waals surface area (Å²) in [6.07, 6.45) is 3.30. The molecule has 0 spiro atoms. The third-order valence-corrected chi connectivity index (χ3v) is 1.57. The maximum atomic E-state index is 5.48. The molecule has 0 saturated heterocycles. The van der Waals surface area contributed by atoms with E-state index in [4.69, 9.17) is 16.1 Å². The molecule has 0 unspecified atom stereocenters. The first-order valence-electron chi connectivity index (χ1n) is 3.28. The Balaban J connectivity index is 2.35. The number of H-pyrrole nitrogens is 1. The fourth-order valence-electron chi connectivity index (χ4n) is 0.800. The van der Waals surface area contributed by atoms with Crippen LogP contribution < -0.4 is 0 Å². The van der Waals surface area contributed by atoms with Gasteiger partial charge < -0.3 is 4.52 Å². The smallest absolute Gasteiger partial charge is 0.241 e. The zero-order valence-corrected chi connectivity index (χ0v) is 6.75. The second kappa shape index (κ2) is 2.94. The number of hydrogen-bond acceptors (Lipinski definition) is 4. The topological polar surface area (TPSA) is 67.6 Å². The van der Waals surface area contributed by atoms with Crippen LogP contribution in [0.5, 0.6) is 0 Å². The van der Waals surface area contributed by atoms with E-state index < -0.39 is 0 Å². The molecule has 0 saturated carbocycles. The highest BCUT2D eigenvalue weighted by atomic mass is 35.5. The van der Waals surface area contributed by atoms with E-state index in [0.717, 1.165) is 5.56 Å². The summed E-state index contributed by atoms with van der Waals surface area (Å²) in [5.74, 6) is 1.14. The van der Waals surface area contributed by atoms with Crippen LogP contribution >= 0.6 is 11.6 Å². The Kier molecular flexibility index (Phi) is 1.79. The summed E-state index contributed by atoms with van der Waals surface area (Å²) in [6, 6.07) is 0. The summed E-state index contributed by atoms with van der Waals surface area (Å²) < 4.78 is 4.80. The Hall–Kier alpha value is -1.36. The van der Waals surface area contributed by atoms with Gasteiger partial charge in [0.15, 0.2) is 0 Å². The first kappa shape index (κ1) is 7.30. The Morgan fingerprint density at radius 1 is 1.58 bits per heavy atom. The van der Waals surface area contributed by atoms with E-state index in [1.807, 2.05) is 0 Å². The maximum Gasteiger partial charge on any atom is 0.241 e. The van der Waals surface area contributed by atoms with Gasteiger partial charge in [-0.15, -0.1) is 11.6 Å². The summed E-state index contributed by atoms with van der Waals surface area (Å²) in [5.41, 5.74) is 0.787. The van der Waals surface area contributed by atoms with E-state index in [1.165, 1.54) is 0 Å². The van der Waals surface area contributed by atoms with Gasteiger partial charge in [-0.3, -0.25) is 5.10 Å². The van der Waals surface area contributed by atoms with Crippen LogP contribution in [0.25, 0.3) is 11.4 Å². The molecule has 2 aromatic heterocycles. The highest BCUT2D eigenvalue weighted by Crippen LogP contribution is 2.13. The highest BCUT2D eigenvalue weighted by Gasteiger charge is 2.07. The maximum absolute atomic E-state index is 5.48. The second-order valence-electron chi connectivity index (χ2n) is 2.13. The van der Waals surface area contributed by atoms with Crippen molar-refractivity contribution in [1.82, 2.24) is 20.3 Å². The minimum Gasteiger partial charge on any atom is -0.338 e. The summed E-state index contributed by atoms with van der Waals surface area (Å²) in [7, 11) is 0. The highest BCUT2D eigenvalue weighted by molar-refractivity contribution is 6.16. The van der Waals surface area contributed by atoms with Crippen LogP contribution in [0, 0.1) is 0 Å². The molecule has 0 fully saturated rings. The summed E-state index contributed by atoms with van der Waals surface area (Å²) in [4.78, 5) is 4.00. The molecule has 0 aliphatic rings. The zero-order chi connectivity index (χ0) is 8.39. The standard InChI is InChI=1S/C6H5ClN4O/c7-1-5-10-6(11-12-5)4-2-8-9-3-4/h2-3H,1H2,(H,8,9). The average molecular weight is 185 g/mol. The van der Waals surface area contributed by atoms with E-state index in [2.05, 4.69) is 20.3 Å². The van der Waals surface area contributed by atoms with Gasteiger partial charge in [-0.2, -0.15) is 10.1 Å². The lowest BCUT2D eigenvalue weighted by Crippen LogP contribution is -1.77. The number of hydrogen-bond donors (Lipinski definition) is 1. The molecule has 0 aliphatic carbocycles. The molecule has 0 atom stereocenters. The second-order valence-corrected chi connectivity index (χ2v) is 2.40. The molecule has 0 radical (unpaired) electrons. The summed E-state index contributed by atoms with van der Waals surface area (Å²) in [5, 5.41) is 10.1. The number of rotatable bonds is 2. The van der Waals surface area contributed by atoms with Crippen molar-refractivity contribution in [2.75, 3.05) is 0 Å². The Labute approximate surface area is 72.7 Å². The minimum atomic E-state index is 0.227. The molecule has 6 heteroatoms. The van der Waals surface area contributed by atoms with Crippen LogP contribution in [0.1, 0.15) is 5.89 Å². The van der Waals surface area contributed by atoms with E-state index in [9.17, 15) is 0 Å². The average Bonchev–Trinajstić information content (AvgIpc) is 2.75. The number of halogens is 1. The molecule has 2 aromatic rings. The lowest BCUT2D eigenvalue weighted by molar-refractivity contribution is 0.391. The van der Waals surface area contributed by atoms with Gasteiger partial charge in [0.1, 0.15) is 5.88 Å². The molecule has 1 N–H and O–H groups in total. The van der Waals surface area contributed by atoms with Gasteiger partial charge in [0, 0.05) is 6.20 Å². The van der Waals surface area contributed by atoms with Crippen LogP contribution in [0.3, 0.4) is 0 Å². The van der Waals surface area contributed by atoms with Crippen LogP contribution in [-0.2, 0) is 5.88 Å². The van der Waals surface area contributed by atoms with Crippen molar-refractivity contribution < 1.29 is 4.52 Å². The van der Waals surface area contributed by atoms with Crippen molar-refractivity contribution in [2.45, 2.75) is 5.88 Å². The van der Waals surface area contributed by atoms with Crippen molar-refractivity contribution in [1.29, 1.82) is 0 Å². The Bertz CT molecular complexity index is 355. The molecule has 5 nitrogen and oxygen atoms in total. The number of aromatic amines is 1. The van der Waals surface area contributed by atoms with Crippen LogP contribution in [0.4, 0.5) is 0 Å². The molecular weight excluding hydrogens is 180 g/mol. The van der Waals surface area contributed by atoms with E-state index in [-0.39, 0.29) is 5.88 Å². The lowest BCUT2D eigenvalue weighted by Gasteiger charge is -1.79. The van der Waals surface area contributed by atoms with Gasteiger partial charge >= 0.3 is 0 Å². The molecule has 0 bridgehead atoms. The quantitative estimate of drug-likeness (QED) is 0.713. The van der Waals surface area contributed by atoms with E-state index in [1.54, 1.807) is 12.4 Å². The van der Waals surface area contributed by atoms with E-state index >= 15 is 0 Å². The van der Waals surface area contributed by atoms with Crippen molar-refractivity contribution in [3.8, 4) is 11.4 Å². The first-order chi connectivity index (χ1) is 5.90. The third kappa shape index (κ3) is 1.18. The van der Waals surface area contributed by atoms with Gasteiger partial charge in [0.05, 0.1) is 11.8 Å². The molecule has 2 heterocycles. The van der Waals surface area contributed by atoms with Crippen molar-refractivity contribution in [3.05, 3.63) is 18.3 Å². The lowest BCUT2D eigenvalue weighted by atomic mass is 10.3. The van der Waals surface area contributed by atoms with Gasteiger partial charge in [-0.1, -0.05) is 5.16 Å². The normalized spacial score (nSPS) is 10.4. The molecule has 0 amide bonds. The number of alkyl halides is 1. The number of nitrogens with zero attached hydrogens (tertiary/aromatic N) is 3. The largest absolute Gasteiger partial charge is 0.338 e. The molecule has 0 aliphatic heterocycles. The van der Waals surface area contributed by atoms with Crippen molar-refractivity contribution in [2.24, 2.45) is 0 Å². The summed E-state index contributed by atoms with van der Waals surface area (Å²) in [6.45, 7) is 0. The summed E-state index contributed by atoms with van der Waals surface area (Å²) >= 11 is 5.48. The molecule has 62 valence electrons. The fraction of sp³-hybridized carbons (Fsp3) is 0.167. The first-order valence-corrected chi connectivity index (χ1v) is 3.81. The van der Waals surface area contributed by atoms with Crippen molar-refractivity contribution in [3.63, 3.8) is 0 Å². The SMILES string of the molecule is ClCc1nc(-c2cn[nH]c2)no1. The number of aromatic nitrogens is 4. The van der Waals surface area contributed by atoms with Gasteiger partial charge in [0.2, 0.25) is 11.7 Å². The zero-order valence-electron chi connectivity index (χ0n) is 5.99. The predicted molar refractivity (Wildman–Crippen MR) is 41.4 cm³/mol. The molecule has 0 aromatic carbocycles. The monoisotopic (exact) mass is 184 g/mol. The van der Waals surface area contributed by atoms with Gasteiger partial charge in [-0.25, -0.2) is 0 Å². The fourth-order valence-corrected chi connectivity index (χ4v) is 0.908.